The van der Waals surface area contributed by atoms with Crippen LogP contribution in [0.3, 0.4) is 0 Å². The molecule has 0 amide bonds. The fraction of sp³-hybridized carbons (Fsp3) is 0.250. The van der Waals surface area contributed by atoms with Crippen molar-refractivity contribution in [2.24, 2.45) is 5.73 Å². The number of ether oxygens (including phenoxy) is 3. The van der Waals surface area contributed by atoms with Gasteiger partial charge in [0.2, 0.25) is 0 Å². The molecule has 0 aliphatic rings. The normalized spacial score (nSPS) is 10.2. The molecule has 0 aliphatic carbocycles. The smallest absolute Gasteiger partial charge is 0.131 e. The summed E-state index contributed by atoms with van der Waals surface area (Å²) in [6.45, 7) is 0.868. The molecule has 2 aromatic rings. The maximum atomic E-state index is 13.5. The molecule has 0 aliphatic heterocycles. The largest absolute Gasteiger partial charge is 0.497 e. The van der Waals surface area contributed by atoms with Crippen molar-refractivity contribution in [2.75, 3.05) is 20.3 Å². The minimum Gasteiger partial charge on any atom is -0.497 e. The first-order valence-electron chi connectivity index (χ1n) is 6.61. The van der Waals surface area contributed by atoms with Crippen molar-refractivity contribution in [3.05, 3.63) is 53.8 Å². The summed E-state index contributed by atoms with van der Waals surface area (Å²) in [4.78, 5) is 0. The number of rotatable bonds is 7. The van der Waals surface area contributed by atoms with E-state index >= 15 is 0 Å². The summed E-state index contributed by atoms with van der Waals surface area (Å²) in [6.07, 6.45) is 0. The molecule has 0 bridgehead atoms. The molecule has 0 heterocycles. The van der Waals surface area contributed by atoms with Gasteiger partial charge in [-0.15, -0.1) is 0 Å². The molecule has 5 heteroatoms. The number of methoxy groups -OCH3 is 1. The van der Waals surface area contributed by atoms with Crippen molar-refractivity contribution in [1.29, 1.82) is 0 Å². The molecule has 0 fully saturated rings. The SMILES string of the molecule is COc1ccc(OCCOc2ccc(CN)c(F)c2)cc1. The van der Waals surface area contributed by atoms with Crippen LogP contribution in [0.1, 0.15) is 5.56 Å². The minimum atomic E-state index is -0.355. The summed E-state index contributed by atoms with van der Waals surface area (Å²) >= 11 is 0. The second-order valence-corrected chi connectivity index (χ2v) is 4.33. The van der Waals surface area contributed by atoms with Crippen LogP contribution in [0.5, 0.6) is 17.2 Å². The maximum Gasteiger partial charge on any atom is 0.131 e. The van der Waals surface area contributed by atoms with Gasteiger partial charge in [-0.3, -0.25) is 0 Å². The van der Waals surface area contributed by atoms with Crippen LogP contribution in [0.2, 0.25) is 0 Å². The topological polar surface area (TPSA) is 53.7 Å². The third kappa shape index (κ3) is 4.36. The van der Waals surface area contributed by atoms with E-state index < -0.39 is 0 Å². The molecule has 2 rings (SSSR count). The molecule has 0 saturated heterocycles. The second-order valence-electron chi connectivity index (χ2n) is 4.33. The summed E-state index contributed by atoms with van der Waals surface area (Å²) in [7, 11) is 1.61. The number of halogens is 1. The third-order valence-electron chi connectivity index (χ3n) is 2.92. The Morgan fingerprint density at radius 2 is 1.48 bits per heavy atom. The molecule has 0 saturated carbocycles. The van der Waals surface area contributed by atoms with Gasteiger partial charge in [0.25, 0.3) is 0 Å². The van der Waals surface area contributed by atoms with Crippen molar-refractivity contribution in [3.63, 3.8) is 0 Å². The lowest BCUT2D eigenvalue weighted by molar-refractivity contribution is 0.216. The molecular formula is C16H18FNO3. The number of benzene rings is 2. The van der Waals surface area contributed by atoms with Crippen LogP contribution in [0, 0.1) is 5.82 Å². The summed E-state index contributed by atoms with van der Waals surface area (Å²) in [6, 6.07) is 11.9. The molecule has 0 aromatic heterocycles. The summed E-state index contributed by atoms with van der Waals surface area (Å²) < 4.78 is 29.5. The quantitative estimate of drug-likeness (QED) is 0.797. The summed E-state index contributed by atoms with van der Waals surface area (Å²) in [5.74, 6) is 1.60. The molecule has 0 unspecified atom stereocenters. The van der Waals surface area contributed by atoms with Gasteiger partial charge in [0.05, 0.1) is 7.11 Å². The average molecular weight is 291 g/mol. The highest BCUT2D eigenvalue weighted by Crippen LogP contribution is 2.18. The van der Waals surface area contributed by atoms with E-state index in [-0.39, 0.29) is 12.4 Å². The van der Waals surface area contributed by atoms with Crippen LogP contribution in [0.15, 0.2) is 42.5 Å². The van der Waals surface area contributed by atoms with Crippen molar-refractivity contribution in [1.82, 2.24) is 0 Å². The zero-order chi connectivity index (χ0) is 15.1. The lowest BCUT2D eigenvalue weighted by atomic mass is 10.2. The molecule has 21 heavy (non-hydrogen) atoms. The van der Waals surface area contributed by atoms with E-state index in [0.717, 1.165) is 11.5 Å². The van der Waals surface area contributed by atoms with E-state index in [1.165, 1.54) is 6.07 Å². The van der Waals surface area contributed by atoms with Gasteiger partial charge < -0.3 is 19.9 Å². The Kier molecular flexibility index (Phi) is 5.40. The van der Waals surface area contributed by atoms with Gasteiger partial charge in [-0.25, -0.2) is 4.39 Å². The van der Waals surface area contributed by atoms with Crippen molar-refractivity contribution in [3.8, 4) is 17.2 Å². The zero-order valence-electron chi connectivity index (χ0n) is 11.8. The Morgan fingerprint density at radius 1 is 0.905 bits per heavy atom. The standard InChI is InChI=1S/C16H18FNO3/c1-19-13-4-6-14(7-5-13)20-8-9-21-15-3-2-12(11-18)16(17)10-15/h2-7,10H,8-9,11,18H2,1H3. The Balaban J connectivity index is 1.77. The fourth-order valence-corrected chi connectivity index (χ4v) is 1.77. The lowest BCUT2D eigenvalue weighted by Crippen LogP contribution is -2.09. The highest BCUT2D eigenvalue weighted by atomic mass is 19.1. The first kappa shape index (κ1) is 15.1. The van der Waals surface area contributed by atoms with Crippen LogP contribution in [-0.4, -0.2) is 20.3 Å². The monoisotopic (exact) mass is 291 g/mol. The number of hydrogen-bond acceptors (Lipinski definition) is 4. The van der Waals surface area contributed by atoms with Crippen LogP contribution in [-0.2, 0) is 6.54 Å². The van der Waals surface area contributed by atoms with Crippen LogP contribution in [0.4, 0.5) is 4.39 Å². The molecule has 2 aromatic carbocycles. The summed E-state index contributed by atoms with van der Waals surface area (Å²) in [5.41, 5.74) is 5.87. The van der Waals surface area contributed by atoms with Gasteiger partial charge in [0, 0.05) is 18.2 Å². The van der Waals surface area contributed by atoms with E-state index in [4.69, 9.17) is 19.9 Å². The zero-order valence-corrected chi connectivity index (χ0v) is 11.8. The molecule has 2 N–H and O–H groups in total. The second kappa shape index (κ2) is 7.50. The molecular weight excluding hydrogens is 273 g/mol. The Bertz CT molecular complexity index is 572. The third-order valence-corrected chi connectivity index (χ3v) is 2.92. The van der Waals surface area contributed by atoms with Crippen LogP contribution < -0.4 is 19.9 Å². The highest BCUT2D eigenvalue weighted by molar-refractivity contribution is 5.31. The van der Waals surface area contributed by atoms with Gasteiger partial charge in [0.1, 0.15) is 36.3 Å². The first-order valence-corrected chi connectivity index (χ1v) is 6.61. The lowest BCUT2D eigenvalue weighted by Gasteiger charge is -2.09. The molecule has 0 atom stereocenters. The van der Waals surface area contributed by atoms with Gasteiger partial charge in [0.15, 0.2) is 0 Å². The average Bonchev–Trinajstić information content (AvgIpc) is 2.52. The molecule has 0 radical (unpaired) electrons. The Labute approximate surface area is 123 Å². The molecule has 0 spiro atoms. The van der Waals surface area contributed by atoms with Crippen molar-refractivity contribution in [2.45, 2.75) is 6.54 Å². The maximum absolute atomic E-state index is 13.5. The minimum absolute atomic E-state index is 0.173. The van der Waals surface area contributed by atoms with E-state index in [1.807, 2.05) is 24.3 Å². The van der Waals surface area contributed by atoms with Gasteiger partial charge >= 0.3 is 0 Å². The number of hydrogen-bond donors (Lipinski definition) is 1. The van der Waals surface area contributed by atoms with Gasteiger partial charge in [-0.05, 0) is 30.3 Å². The predicted octanol–water partition coefficient (Wildman–Crippen LogP) is 2.75. The van der Waals surface area contributed by atoms with Gasteiger partial charge in [-0.2, -0.15) is 0 Å². The van der Waals surface area contributed by atoms with Crippen LogP contribution >= 0.6 is 0 Å². The van der Waals surface area contributed by atoms with Crippen LogP contribution in [0.25, 0.3) is 0 Å². The first-order chi connectivity index (χ1) is 10.2. The van der Waals surface area contributed by atoms with E-state index in [1.54, 1.807) is 19.2 Å². The van der Waals surface area contributed by atoms with Gasteiger partial charge in [-0.1, -0.05) is 6.07 Å². The Hall–Kier alpha value is -2.27. The van der Waals surface area contributed by atoms with Crippen molar-refractivity contribution >= 4 is 0 Å². The van der Waals surface area contributed by atoms with E-state index in [0.29, 0.717) is 24.5 Å². The highest BCUT2D eigenvalue weighted by Gasteiger charge is 2.03. The predicted molar refractivity (Wildman–Crippen MR) is 78.3 cm³/mol. The number of nitrogens with two attached hydrogens (primary N) is 1. The molecule has 4 nitrogen and oxygen atoms in total. The Morgan fingerprint density at radius 3 is 2.05 bits per heavy atom. The van der Waals surface area contributed by atoms with E-state index in [2.05, 4.69) is 0 Å². The summed E-state index contributed by atoms with van der Waals surface area (Å²) in [5, 5.41) is 0. The fourth-order valence-electron chi connectivity index (χ4n) is 1.77. The van der Waals surface area contributed by atoms with Crippen molar-refractivity contribution < 1.29 is 18.6 Å². The molecule has 112 valence electrons. The van der Waals surface area contributed by atoms with E-state index in [9.17, 15) is 4.39 Å².